The molecule has 1 saturated carbocycles. The minimum Gasteiger partial charge on any atom is -0.321 e. The molecule has 1 aliphatic carbocycles. The van der Waals surface area contributed by atoms with Gasteiger partial charge < -0.3 is 11.1 Å². The van der Waals surface area contributed by atoms with Gasteiger partial charge in [-0.2, -0.15) is 0 Å². The molecule has 0 heterocycles. The predicted octanol–water partition coefficient (Wildman–Crippen LogP) is 3.03. The number of hydrogen-bond acceptors (Lipinski definition) is 2. The molecule has 1 aliphatic rings. The average Bonchev–Trinajstić information content (AvgIpc) is 2.34. The fourth-order valence-corrected chi connectivity index (χ4v) is 2.84. The van der Waals surface area contributed by atoms with E-state index in [1.807, 2.05) is 6.07 Å². The van der Waals surface area contributed by atoms with Crippen LogP contribution in [-0.2, 0) is 5.54 Å². The maximum atomic E-state index is 6.41. The van der Waals surface area contributed by atoms with Gasteiger partial charge in [-0.3, -0.25) is 0 Å². The summed E-state index contributed by atoms with van der Waals surface area (Å²) in [5.74, 6) is 0. The molecule has 1 aromatic rings. The maximum absolute atomic E-state index is 6.41. The molecule has 2 nitrogen and oxygen atoms in total. The third-order valence-corrected chi connectivity index (χ3v) is 4.59. The van der Waals surface area contributed by atoms with Crippen LogP contribution in [0.1, 0.15) is 45.1 Å². The van der Waals surface area contributed by atoms with E-state index in [0.29, 0.717) is 5.41 Å². The van der Waals surface area contributed by atoms with Crippen molar-refractivity contribution in [2.24, 2.45) is 11.1 Å². The first-order chi connectivity index (χ1) is 8.58. The second-order valence-corrected chi connectivity index (χ2v) is 6.09. The topological polar surface area (TPSA) is 38.0 Å². The van der Waals surface area contributed by atoms with Crippen LogP contribution in [0.25, 0.3) is 0 Å². The lowest BCUT2D eigenvalue weighted by Gasteiger charge is -2.42. The fraction of sp³-hybridized carbons (Fsp3) is 0.625. The Balaban J connectivity index is 1.86. The Kier molecular flexibility index (Phi) is 4.08. The molecule has 0 aliphatic heterocycles. The molecular formula is C16H26N2. The Morgan fingerprint density at radius 2 is 1.94 bits per heavy atom. The Bertz CT molecular complexity index is 360. The standard InChI is InChI=1S/C16H26N2/c1-3-16(10-7-11-16)13-18-12-15(2,17)14-8-5-4-6-9-14/h4-6,8-9,18H,3,7,10-13,17H2,1-2H3. The summed E-state index contributed by atoms with van der Waals surface area (Å²) in [4.78, 5) is 0. The molecule has 0 saturated heterocycles. The maximum Gasteiger partial charge on any atom is 0.0507 e. The van der Waals surface area contributed by atoms with Gasteiger partial charge >= 0.3 is 0 Å². The van der Waals surface area contributed by atoms with Gasteiger partial charge in [-0.05, 0) is 37.2 Å². The van der Waals surface area contributed by atoms with Crippen LogP contribution in [-0.4, -0.2) is 13.1 Å². The van der Waals surface area contributed by atoms with Gasteiger partial charge in [-0.1, -0.05) is 43.7 Å². The first-order valence-electron chi connectivity index (χ1n) is 7.13. The van der Waals surface area contributed by atoms with E-state index in [4.69, 9.17) is 5.73 Å². The minimum atomic E-state index is -0.278. The molecule has 1 unspecified atom stereocenters. The molecule has 100 valence electrons. The Hall–Kier alpha value is -0.860. The fourth-order valence-electron chi connectivity index (χ4n) is 2.84. The van der Waals surface area contributed by atoms with Gasteiger partial charge in [-0.25, -0.2) is 0 Å². The van der Waals surface area contributed by atoms with Gasteiger partial charge in [0.2, 0.25) is 0 Å². The second kappa shape index (κ2) is 5.41. The number of nitrogens with two attached hydrogens (primary N) is 1. The predicted molar refractivity (Wildman–Crippen MR) is 77.4 cm³/mol. The van der Waals surface area contributed by atoms with Crippen LogP contribution in [0.4, 0.5) is 0 Å². The molecule has 0 bridgehead atoms. The van der Waals surface area contributed by atoms with Gasteiger partial charge in [0.15, 0.2) is 0 Å². The SMILES string of the molecule is CCC1(CNCC(C)(N)c2ccccc2)CCC1. The summed E-state index contributed by atoms with van der Waals surface area (Å²) in [5, 5.41) is 3.59. The van der Waals surface area contributed by atoms with Crippen molar-refractivity contribution in [1.82, 2.24) is 5.32 Å². The van der Waals surface area contributed by atoms with Gasteiger partial charge in [0.1, 0.15) is 0 Å². The summed E-state index contributed by atoms with van der Waals surface area (Å²) in [7, 11) is 0. The van der Waals surface area contributed by atoms with Gasteiger partial charge in [0.05, 0.1) is 5.54 Å². The highest BCUT2D eigenvalue weighted by molar-refractivity contribution is 5.23. The minimum absolute atomic E-state index is 0.278. The molecule has 2 rings (SSSR count). The summed E-state index contributed by atoms with van der Waals surface area (Å²) in [6.07, 6.45) is 5.44. The van der Waals surface area contributed by atoms with Crippen LogP contribution >= 0.6 is 0 Å². The zero-order valence-corrected chi connectivity index (χ0v) is 11.7. The Labute approximate surface area is 111 Å². The van der Waals surface area contributed by atoms with E-state index < -0.39 is 0 Å². The molecule has 1 atom stereocenters. The number of nitrogens with one attached hydrogen (secondary N) is 1. The van der Waals surface area contributed by atoms with Crippen LogP contribution in [0.15, 0.2) is 30.3 Å². The normalized spacial score (nSPS) is 21.1. The largest absolute Gasteiger partial charge is 0.321 e. The molecule has 0 amide bonds. The van der Waals surface area contributed by atoms with Crippen LogP contribution < -0.4 is 11.1 Å². The van der Waals surface area contributed by atoms with E-state index in [0.717, 1.165) is 13.1 Å². The summed E-state index contributed by atoms with van der Waals surface area (Å²) >= 11 is 0. The van der Waals surface area contributed by atoms with Crippen LogP contribution in [0.2, 0.25) is 0 Å². The summed E-state index contributed by atoms with van der Waals surface area (Å²) < 4.78 is 0. The molecule has 1 fully saturated rings. The summed E-state index contributed by atoms with van der Waals surface area (Å²) in [6, 6.07) is 10.4. The molecule has 3 N–H and O–H groups in total. The first-order valence-corrected chi connectivity index (χ1v) is 7.13. The van der Waals surface area contributed by atoms with Crippen molar-refractivity contribution in [2.45, 2.75) is 45.1 Å². The lowest BCUT2D eigenvalue weighted by atomic mass is 9.67. The van der Waals surface area contributed by atoms with E-state index in [-0.39, 0.29) is 5.54 Å². The number of rotatable bonds is 6. The van der Waals surface area contributed by atoms with E-state index in [2.05, 4.69) is 43.4 Å². The molecule has 18 heavy (non-hydrogen) atoms. The highest BCUT2D eigenvalue weighted by Crippen LogP contribution is 2.43. The van der Waals surface area contributed by atoms with E-state index >= 15 is 0 Å². The van der Waals surface area contributed by atoms with E-state index in [1.54, 1.807) is 0 Å². The highest BCUT2D eigenvalue weighted by Gasteiger charge is 2.35. The molecule has 1 aromatic carbocycles. The van der Waals surface area contributed by atoms with E-state index in [1.165, 1.54) is 31.2 Å². The van der Waals surface area contributed by atoms with Crippen molar-refractivity contribution >= 4 is 0 Å². The lowest BCUT2D eigenvalue weighted by molar-refractivity contribution is 0.121. The first kappa shape index (κ1) is 13.6. The van der Waals surface area contributed by atoms with Crippen molar-refractivity contribution in [2.75, 3.05) is 13.1 Å². The third-order valence-electron chi connectivity index (χ3n) is 4.59. The molecule has 0 aromatic heterocycles. The van der Waals surface area contributed by atoms with Gasteiger partial charge in [0.25, 0.3) is 0 Å². The summed E-state index contributed by atoms with van der Waals surface area (Å²) in [6.45, 7) is 6.37. The Morgan fingerprint density at radius 1 is 1.28 bits per heavy atom. The molecular weight excluding hydrogens is 220 g/mol. The van der Waals surface area contributed by atoms with Crippen molar-refractivity contribution in [3.63, 3.8) is 0 Å². The summed E-state index contributed by atoms with van der Waals surface area (Å²) in [5.41, 5.74) is 7.90. The van der Waals surface area contributed by atoms with Crippen molar-refractivity contribution in [3.8, 4) is 0 Å². The third kappa shape index (κ3) is 2.93. The quantitative estimate of drug-likeness (QED) is 0.809. The molecule has 0 spiro atoms. The van der Waals surface area contributed by atoms with Crippen LogP contribution in [0.3, 0.4) is 0 Å². The van der Waals surface area contributed by atoms with E-state index in [9.17, 15) is 0 Å². The Morgan fingerprint density at radius 3 is 2.44 bits per heavy atom. The number of benzene rings is 1. The smallest absolute Gasteiger partial charge is 0.0507 e. The molecule has 0 radical (unpaired) electrons. The number of hydrogen-bond donors (Lipinski definition) is 2. The van der Waals surface area contributed by atoms with Gasteiger partial charge in [-0.15, -0.1) is 0 Å². The van der Waals surface area contributed by atoms with Crippen molar-refractivity contribution < 1.29 is 0 Å². The van der Waals surface area contributed by atoms with Crippen molar-refractivity contribution in [3.05, 3.63) is 35.9 Å². The second-order valence-electron chi connectivity index (χ2n) is 6.09. The van der Waals surface area contributed by atoms with Crippen LogP contribution in [0.5, 0.6) is 0 Å². The van der Waals surface area contributed by atoms with Crippen LogP contribution in [0, 0.1) is 5.41 Å². The monoisotopic (exact) mass is 246 g/mol. The zero-order valence-electron chi connectivity index (χ0n) is 11.7. The van der Waals surface area contributed by atoms with Gasteiger partial charge in [0, 0.05) is 13.1 Å². The zero-order chi connectivity index (χ0) is 13.1. The average molecular weight is 246 g/mol. The highest BCUT2D eigenvalue weighted by atomic mass is 14.9. The molecule has 2 heteroatoms. The lowest BCUT2D eigenvalue weighted by Crippen LogP contribution is -2.47. The van der Waals surface area contributed by atoms with Crippen molar-refractivity contribution in [1.29, 1.82) is 0 Å².